The van der Waals surface area contributed by atoms with Crippen LogP contribution in [0.25, 0.3) is 0 Å². The van der Waals surface area contributed by atoms with Gasteiger partial charge in [-0.05, 0) is 30.2 Å². The minimum atomic E-state index is -0.293. The van der Waals surface area contributed by atoms with E-state index in [1.807, 2.05) is 0 Å². The Hall–Kier alpha value is -2.54. The average molecular weight is 240 g/mol. The number of nitrogens with zero attached hydrogens (tertiary/aromatic N) is 2. The molecule has 0 saturated heterocycles. The summed E-state index contributed by atoms with van der Waals surface area (Å²) in [5, 5.41) is 0. The number of benzene rings is 1. The quantitative estimate of drug-likeness (QED) is 0.592. The van der Waals surface area contributed by atoms with Gasteiger partial charge in [-0.25, -0.2) is 4.98 Å². The zero-order valence-corrected chi connectivity index (χ0v) is 10.2. The van der Waals surface area contributed by atoms with Gasteiger partial charge in [0.15, 0.2) is 5.82 Å². The maximum Gasteiger partial charge on any atom is 0.271 e. The number of carbonyl (C=O) groups is 1. The fourth-order valence-corrected chi connectivity index (χ4v) is 1.44. The monoisotopic (exact) mass is 240 g/mol. The molecule has 1 aromatic carbocycles. The van der Waals surface area contributed by atoms with Crippen LogP contribution in [0.15, 0.2) is 36.7 Å². The fraction of sp³-hybridized carbons (Fsp3) is 0.143. The number of aryl methyl sites for hydroxylation is 1. The van der Waals surface area contributed by atoms with Gasteiger partial charge in [0.25, 0.3) is 5.78 Å². The molecule has 0 aliphatic heterocycles. The maximum atomic E-state index is 11.7. The lowest BCUT2D eigenvalue weighted by Crippen LogP contribution is -2.04. The predicted octanol–water partition coefficient (Wildman–Crippen LogP) is 1.66. The van der Waals surface area contributed by atoms with Crippen LogP contribution in [0.5, 0.6) is 5.75 Å². The largest absolute Gasteiger partial charge is 0.497 e. The van der Waals surface area contributed by atoms with Crippen molar-refractivity contribution in [2.24, 2.45) is 7.05 Å². The van der Waals surface area contributed by atoms with Crippen molar-refractivity contribution in [1.29, 1.82) is 0 Å². The molecule has 18 heavy (non-hydrogen) atoms. The van der Waals surface area contributed by atoms with E-state index in [1.165, 1.54) is 0 Å². The van der Waals surface area contributed by atoms with Crippen molar-refractivity contribution in [2.45, 2.75) is 0 Å². The molecule has 0 spiro atoms. The van der Waals surface area contributed by atoms with Crippen LogP contribution in [-0.4, -0.2) is 22.4 Å². The lowest BCUT2D eigenvalue weighted by atomic mass is 10.2. The molecule has 2 aromatic rings. The molecule has 1 heterocycles. The van der Waals surface area contributed by atoms with Crippen molar-refractivity contribution in [3.63, 3.8) is 0 Å². The summed E-state index contributed by atoms with van der Waals surface area (Å²) in [5.41, 5.74) is 0.762. The highest BCUT2D eigenvalue weighted by atomic mass is 16.5. The SMILES string of the molecule is COc1ccc(C#CC(=O)c2nccn2C)cc1. The van der Waals surface area contributed by atoms with E-state index in [-0.39, 0.29) is 5.78 Å². The normalized spacial score (nSPS) is 9.44. The van der Waals surface area contributed by atoms with E-state index < -0.39 is 0 Å². The minimum Gasteiger partial charge on any atom is -0.497 e. The third-order valence-electron chi connectivity index (χ3n) is 2.43. The van der Waals surface area contributed by atoms with Gasteiger partial charge in [0.2, 0.25) is 0 Å². The topological polar surface area (TPSA) is 44.1 Å². The number of methoxy groups -OCH3 is 1. The highest BCUT2D eigenvalue weighted by Gasteiger charge is 2.06. The summed E-state index contributed by atoms with van der Waals surface area (Å²) in [4.78, 5) is 15.7. The van der Waals surface area contributed by atoms with Crippen LogP contribution >= 0.6 is 0 Å². The molecule has 0 atom stereocenters. The van der Waals surface area contributed by atoms with E-state index in [1.54, 1.807) is 55.4 Å². The average Bonchev–Trinajstić information content (AvgIpc) is 2.83. The Kier molecular flexibility index (Phi) is 3.44. The molecular weight excluding hydrogens is 228 g/mol. The molecule has 4 nitrogen and oxygen atoms in total. The van der Waals surface area contributed by atoms with Gasteiger partial charge in [0.1, 0.15) is 5.75 Å². The number of ether oxygens (including phenoxy) is 1. The fourth-order valence-electron chi connectivity index (χ4n) is 1.44. The van der Waals surface area contributed by atoms with Crippen LogP contribution in [-0.2, 0) is 7.05 Å². The van der Waals surface area contributed by atoms with Crippen LogP contribution in [0.4, 0.5) is 0 Å². The van der Waals surface area contributed by atoms with Crippen molar-refractivity contribution >= 4 is 5.78 Å². The molecule has 0 N–H and O–H groups in total. The lowest BCUT2D eigenvalue weighted by Gasteiger charge is -1.97. The number of aromatic nitrogens is 2. The van der Waals surface area contributed by atoms with E-state index in [4.69, 9.17) is 4.74 Å². The second-order valence-electron chi connectivity index (χ2n) is 3.67. The Morgan fingerprint density at radius 2 is 2.06 bits per heavy atom. The van der Waals surface area contributed by atoms with Crippen molar-refractivity contribution in [2.75, 3.05) is 7.11 Å². The molecule has 0 amide bonds. The van der Waals surface area contributed by atoms with Gasteiger partial charge in [-0.1, -0.05) is 5.92 Å². The molecule has 0 aliphatic rings. The number of Topliss-reactive ketones (excluding diaryl/α,β-unsaturated/α-hetero) is 1. The molecule has 90 valence electrons. The van der Waals surface area contributed by atoms with Crippen LogP contribution in [0.1, 0.15) is 16.2 Å². The summed E-state index contributed by atoms with van der Waals surface area (Å²) in [5.74, 6) is 6.18. The molecule has 0 unspecified atom stereocenters. The number of carbonyl (C=O) groups excluding carboxylic acids is 1. The first-order valence-corrected chi connectivity index (χ1v) is 5.38. The van der Waals surface area contributed by atoms with Crippen LogP contribution < -0.4 is 4.74 Å². The van der Waals surface area contributed by atoms with Gasteiger partial charge in [0.05, 0.1) is 7.11 Å². The van der Waals surface area contributed by atoms with E-state index in [0.29, 0.717) is 5.82 Å². The lowest BCUT2D eigenvalue weighted by molar-refractivity contribution is 0.104. The van der Waals surface area contributed by atoms with Crippen LogP contribution in [0, 0.1) is 11.8 Å². The van der Waals surface area contributed by atoms with Crippen LogP contribution in [0.2, 0.25) is 0 Å². The smallest absolute Gasteiger partial charge is 0.271 e. The van der Waals surface area contributed by atoms with Gasteiger partial charge < -0.3 is 9.30 Å². The third-order valence-corrected chi connectivity index (χ3v) is 2.43. The molecule has 0 saturated carbocycles. The highest BCUT2D eigenvalue weighted by Crippen LogP contribution is 2.10. The zero-order valence-electron chi connectivity index (χ0n) is 10.2. The number of hydrogen-bond donors (Lipinski definition) is 0. The molecule has 1 aromatic heterocycles. The second-order valence-corrected chi connectivity index (χ2v) is 3.67. The Morgan fingerprint density at radius 1 is 1.33 bits per heavy atom. The predicted molar refractivity (Wildman–Crippen MR) is 67.4 cm³/mol. The Labute approximate surface area is 105 Å². The van der Waals surface area contributed by atoms with Gasteiger partial charge in [-0.15, -0.1) is 0 Å². The summed E-state index contributed by atoms with van der Waals surface area (Å²) < 4.78 is 6.68. The van der Waals surface area contributed by atoms with E-state index in [0.717, 1.165) is 11.3 Å². The van der Waals surface area contributed by atoms with Crippen LogP contribution in [0.3, 0.4) is 0 Å². The van der Waals surface area contributed by atoms with Gasteiger partial charge in [0, 0.05) is 25.0 Å². The number of hydrogen-bond acceptors (Lipinski definition) is 3. The molecule has 0 aliphatic carbocycles. The first-order chi connectivity index (χ1) is 8.70. The number of ketones is 1. The maximum absolute atomic E-state index is 11.7. The molecule has 4 heteroatoms. The van der Waals surface area contributed by atoms with Gasteiger partial charge in [-0.2, -0.15) is 0 Å². The number of rotatable bonds is 2. The van der Waals surface area contributed by atoms with Crippen molar-refractivity contribution < 1.29 is 9.53 Å². The highest BCUT2D eigenvalue weighted by molar-refractivity contribution is 6.06. The molecule has 0 radical (unpaired) electrons. The number of imidazole rings is 1. The molecule has 0 fully saturated rings. The first kappa shape index (κ1) is 11.9. The first-order valence-electron chi connectivity index (χ1n) is 5.38. The Bertz CT molecular complexity index is 615. The minimum absolute atomic E-state index is 0.293. The van der Waals surface area contributed by atoms with E-state index in [9.17, 15) is 4.79 Å². The van der Waals surface area contributed by atoms with E-state index >= 15 is 0 Å². The molecule has 0 bridgehead atoms. The van der Waals surface area contributed by atoms with Gasteiger partial charge >= 0.3 is 0 Å². The van der Waals surface area contributed by atoms with E-state index in [2.05, 4.69) is 16.8 Å². The van der Waals surface area contributed by atoms with Crippen molar-refractivity contribution in [1.82, 2.24) is 9.55 Å². The summed E-state index contributed by atoms with van der Waals surface area (Å²) in [6, 6.07) is 7.21. The van der Waals surface area contributed by atoms with Gasteiger partial charge in [-0.3, -0.25) is 4.79 Å². The molecular formula is C14H12N2O2. The summed E-state index contributed by atoms with van der Waals surface area (Å²) >= 11 is 0. The summed E-state index contributed by atoms with van der Waals surface area (Å²) in [6.45, 7) is 0. The second kappa shape index (κ2) is 5.19. The Morgan fingerprint density at radius 3 is 2.61 bits per heavy atom. The zero-order chi connectivity index (χ0) is 13.0. The molecule has 2 rings (SSSR count). The summed E-state index contributed by atoms with van der Waals surface area (Å²) in [7, 11) is 3.36. The van der Waals surface area contributed by atoms with Crippen molar-refractivity contribution in [3.8, 4) is 17.6 Å². The standard InChI is InChI=1S/C14H12N2O2/c1-16-10-9-15-14(16)13(17)8-5-11-3-6-12(18-2)7-4-11/h3-4,6-7,9-10H,1-2H3. The summed E-state index contributed by atoms with van der Waals surface area (Å²) in [6.07, 6.45) is 3.28. The van der Waals surface area contributed by atoms with Crippen molar-refractivity contribution in [3.05, 3.63) is 48.0 Å². The Balaban J connectivity index is 2.16. The third kappa shape index (κ3) is 2.58.